The van der Waals surface area contributed by atoms with Gasteiger partial charge in [0.15, 0.2) is 0 Å². The van der Waals surface area contributed by atoms with Crippen molar-refractivity contribution in [1.29, 1.82) is 0 Å². The Hall–Kier alpha value is -2.07. The molecule has 1 aliphatic heterocycles. The molecule has 1 saturated heterocycles. The van der Waals surface area contributed by atoms with E-state index >= 15 is 0 Å². The van der Waals surface area contributed by atoms with E-state index in [1.165, 1.54) is 5.69 Å². The zero-order valence-corrected chi connectivity index (χ0v) is 13.0. The lowest BCUT2D eigenvalue weighted by atomic mass is 10.1. The summed E-state index contributed by atoms with van der Waals surface area (Å²) in [5.41, 5.74) is 1.79. The topological polar surface area (TPSA) is 45.2 Å². The molecule has 0 unspecified atom stereocenters. The monoisotopic (exact) mass is 315 g/mol. The molecule has 2 heterocycles. The van der Waals surface area contributed by atoms with Gasteiger partial charge in [-0.15, -0.1) is 0 Å². The fraction of sp³-hybridized carbons (Fsp3) is 0.294. The highest BCUT2D eigenvalue weighted by atomic mass is 35.5. The van der Waals surface area contributed by atoms with Gasteiger partial charge in [-0.25, -0.2) is 0 Å². The molecule has 1 aromatic heterocycles. The molecule has 0 spiro atoms. The lowest BCUT2D eigenvalue weighted by Gasteiger charge is -2.19. The van der Waals surface area contributed by atoms with Crippen LogP contribution < -0.4 is 10.2 Å². The molecule has 0 saturated carbocycles. The normalized spacial score (nSPS) is 17.5. The van der Waals surface area contributed by atoms with Crippen molar-refractivity contribution in [3.63, 3.8) is 0 Å². The van der Waals surface area contributed by atoms with Gasteiger partial charge in [0, 0.05) is 42.7 Å². The molecule has 2 aromatic rings. The number of amides is 1. The summed E-state index contributed by atoms with van der Waals surface area (Å²) in [6.07, 6.45) is 4.33. The van der Waals surface area contributed by atoms with Crippen molar-refractivity contribution >= 4 is 23.2 Å². The van der Waals surface area contributed by atoms with E-state index < -0.39 is 0 Å². The molecule has 1 aliphatic rings. The van der Waals surface area contributed by atoms with Crippen LogP contribution in [0.1, 0.15) is 16.8 Å². The van der Waals surface area contributed by atoms with Gasteiger partial charge in [-0.3, -0.25) is 9.78 Å². The lowest BCUT2D eigenvalue weighted by Crippen LogP contribution is -2.31. The van der Waals surface area contributed by atoms with E-state index in [9.17, 15) is 4.79 Å². The number of nitrogens with one attached hydrogen (secondary N) is 1. The van der Waals surface area contributed by atoms with Crippen LogP contribution >= 0.6 is 11.6 Å². The minimum Gasteiger partial charge on any atom is -0.371 e. The summed E-state index contributed by atoms with van der Waals surface area (Å²) in [5, 5.41) is 3.75. The van der Waals surface area contributed by atoms with Gasteiger partial charge in [0.25, 0.3) is 5.91 Å². The quantitative estimate of drug-likeness (QED) is 0.943. The van der Waals surface area contributed by atoms with Crippen LogP contribution in [0.4, 0.5) is 5.69 Å². The van der Waals surface area contributed by atoms with Crippen LogP contribution in [-0.2, 0) is 0 Å². The summed E-state index contributed by atoms with van der Waals surface area (Å²) in [6.45, 7) is 2.65. The average Bonchev–Trinajstić information content (AvgIpc) is 3.03. The third-order valence-electron chi connectivity index (χ3n) is 3.95. The first-order valence-electron chi connectivity index (χ1n) is 7.41. The number of benzene rings is 1. The molecule has 1 atom stereocenters. The smallest absolute Gasteiger partial charge is 0.252 e. The van der Waals surface area contributed by atoms with Crippen LogP contribution in [0.15, 0.2) is 48.8 Å². The Morgan fingerprint density at radius 3 is 2.86 bits per heavy atom. The number of hydrogen-bond acceptors (Lipinski definition) is 3. The van der Waals surface area contributed by atoms with Crippen LogP contribution in [-0.4, -0.2) is 30.5 Å². The molecule has 1 aromatic carbocycles. The lowest BCUT2D eigenvalue weighted by molar-refractivity contribution is 0.0948. The molecular formula is C17H18ClN3O. The Morgan fingerprint density at radius 1 is 1.32 bits per heavy atom. The number of carbonyl (C=O) groups excluding carboxylic acids is 1. The van der Waals surface area contributed by atoms with E-state index in [1.807, 2.05) is 24.3 Å². The van der Waals surface area contributed by atoms with Gasteiger partial charge in [-0.2, -0.15) is 0 Å². The van der Waals surface area contributed by atoms with E-state index in [-0.39, 0.29) is 5.91 Å². The van der Waals surface area contributed by atoms with Gasteiger partial charge in [-0.05, 0) is 48.7 Å². The van der Waals surface area contributed by atoms with E-state index in [2.05, 4.69) is 15.2 Å². The van der Waals surface area contributed by atoms with Crippen molar-refractivity contribution in [1.82, 2.24) is 10.3 Å². The molecule has 1 fully saturated rings. The second kappa shape index (κ2) is 6.79. The SMILES string of the molecule is O=C(NC[C@@H]1CCN(c2ccc(Cl)cc2)C1)c1cccnc1. The van der Waals surface area contributed by atoms with Crippen LogP contribution in [0.25, 0.3) is 0 Å². The van der Waals surface area contributed by atoms with Crippen LogP contribution in [0.5, 0.6) is 0 Å². The maximum atomic E-state index is 12.0. The summed E-state index contributed by atoms with van der Waals surface area (Å²) in [4.78, 5) is 18.3. The third kappa shape index (κ3) is 3.57. The van der Waals surface area contributed by atoms with Gasteiger partial charge < -0.3 is 10.2 Å². The van der Waals surface area contributed by atoms with Crippen molar-refractivity contribution in [3.05, 3.63) is 59.4 Å². The first-order chi connectivity index (χ1) is 10.7. The zero-order valence-electron chi connectivity index (χ0n) is 12.2. The highest BCUT2D eigenvalue weighted by Crippen LogP contribution is 2.24. The van der Waals surface area contributed by atoms with Gasteiger partial charge in [0.1, 0.15) is 0 Å². The standard InChI is InChI=1S/C17H18ClN3O/c18-15-3-5-16(6-4-15)21-9-7-13(12-21)10-20-17(22)14-2-1-8-19-11-14/h1-6,8,11,13H,7,9-10,12H2,(H,20,22)/t13-/m0/s1. The second-order valence-electron chi connectivity index (χ2n) is 5.53. The first-order valence-corrected chi connectivity index (χ1v) is 7.79. The second-order valence-corrected chi connectivity index (χ2v) is 5.97. The van der Waals surface area contributed by atoms with Crippen LogP contribution in [0.3, 0.4) is 0 Å². The van der Waals surface area contributed by atoms with Crippen LogP contribution in [0, 0.1) is 5.92 Å². The average molecular weight is 316 g/mol. The number of halogens is 1. The molecule has 0 bridgehead atoms. The maximum absolute atomic E-state index is 12.0. The van der Waals surface area contributed by atoms with Gasteiger partial charge >= 0.3 is 0 Å². The summed E-state index contributed by atoms with van der Waals surface area (Å²) >= 11 is 5.92. The fourth-order valence-corrected chi connectivity index (χ4v) is 2.85. The Bertz CT molecular complexity index is 630. The summed E-state index contributed by atoms with van der Waals surface area (Å²) in [6, 6.07) is 11.4. The van der Waals surface area contributed by atoms with Crippen molar-refractivity contribution in [2.24, 2.45) is 5.92 Å². The van der Waals surface area contributed by atoms with E-state index in [1.54, 1.807) is 24.5 Å². The fourth-order valence-electron chi connectivity index (χ4n) is 2.72. The number of carbonyl (C=O) groups is 1. The predicted molar refractivity (Wildman–Crippen MR) is 88.3 cm³/mol. The summed E-state index contributed by atoms with van der Waals surface area (Å²) < 4.78 is 0. The number of rotatable bonds is 4. The van der Waals surface area contributed by atoms with Crippen molar-refractivity contribution < 1.29 is 4.79 Å². The number of nitrogens with zero attached hydrogens (tertiary/aromatic N) is 2. The zero-order chi connectivity index (χ0) is 15.4. The Morgan fingerprint density at radius 2 is 2.14 bits per heavy atom. The molecule has 1 N–H and O–H groups in total. The molecule has 0 aliphatic carbocycles. The molecule has 22 heavy (non-hydrogen) atoms. The van der Waals surface area contributed by atoms with Crippen molar-refractivity contribution in [2.45, 2.75) is 6.42 Å². The van der Waals surface area contributed by atoms with Gasteiger partial charge in [0.05, 0.1) is 5.56 Å². The maximum Gasteiger partial charge on any atom is 0.252 e. The first kappa shape index (κ1) is 14.9. The minimum atomic E-state index is -0.0574. The third-order valence-corrected chi connectivity index (χ3v) is 4.20. The Kier molecular flexibility index (Phi) is 4.59. The number of aromatic nitrogens is 1. The van der Waals surface area contributed by atoms with Gasteiger partial charge in [-0.1, -0.05) is 11.6 Å². The van der Waals surface area contributed by atoms with E-state index in [4.69, 9.17) is 11.6 Å². The molecule has 0 radical (unpaired) electrons. The summed E-state index contributed by atoms with van der Waals surface area (Å²) in [5.74, 6) is 0.411. The molecule has 5 heteroatoms. The van der Waals surface area contributed by atoms with Gasteiger partial charge in [0.2, 0.25) is 0 Å². The molecule has 3 rings (SSSR count). The Labute approximate surface area is 135 Å². The molecule has 114 valence electrons. The van der Waals surface area contributed by atoms with Crippen molar-refractivity contribution in [3.8, 4) is 0 Å². The molecule has 4 nitrogen and oxygen atoms in total. The predicted octanol–water partition coefficient (Wildman–Crippen LogP) is 2.99. The largest absolute Gasteiger partial charge is 0.371 e. The van der Waals surface area contributed by atoms with E-state index in [0.717, 1.165) is 24.5 Å². The highest BCUT2D eigenvalue weighted by Gasteiger charge is 2.23. The highest BCUT2D eigenvalue weighted by molar-refractivity contribution is 6.30. The number of pyridine rings is 1. The van der Waals surface area contributed by atoms with Crippen molar-refractivity contribution in [2.75, 3.05) is 24.5 Å². The van der Waals surface area contributed by atoms with E-state index in [0.29, 0.717) is 18.0 Å². The number of hydrogen-bond donors (Lipinski definition) is 1. The summed E-state index contributed by atoms with van der Waals surface area (Å²) in [7, 11) is 0. The molecule has 1 amide bonds. The number of anilines is 1. The molecular weight excluding hydrogens is 298 g/mol. The Balaban J connectivity index is 1.51. The van der Waals surface area contributed by atoms with Crippen LogP contribution in [0.2, 0.25) is 5.02 Å². The minimum absolute atomic E-state index is 0.0574.